The van der Waals surface area contributed by atoms with Gasteiger partial charge >= 0.3 is 5.97 Å². The molecule has 0 radical (unpaired) electrons. The minimum Gasteiger partial charge on any atom is -0.550 e. The maximum atomic E-state index is 12.4. The van der Waals surface area contributed by atoms with Crippen LogP contribution in [-0.4, -0.2) is 36.2 Å². The topological polar surface area (TPSA) is 80.1 Å². The Morgan fingerprint density at radius 1 is 1.08 bits per heavy atom. The molecule has 0 atom stereocenters. The summed E-state index contributed by atoms with van der Waals surface area (Å²) >= 11 is 0. The van der Waals surface area contributed by atoms with Crippen molar-refractivity contribution in [2.24, 2.45) is 0 Å². The minimum atomic E-state index is -1.08. The summed E-state index contributed by atoms with van der Waals surface area (Å²) in [5, 5.41) is 9.75. The van der Waals surface area contributed by atoms with E-state index in [1.54, 1.807) is 19.2 Å². The van der Waals surface area contributed by atoms with Gasteiger partial charge in [0.25, 0.3) is 0 Å². The Kier molecular flexibility index (Phi) is 7.14. The zero-order valence-electron chi connectivity index (χ0n) is 15.9. The maximum absolute atomic E-state index is 12.4. The number of carbonyl (C=O) groups excluding carboxylic acids is 2. The Balaban J connectivity index is 0.000000705. The van der Waals surface area contributed by atoms with Gasteiger partial charge in [0.15, 0.2) is 0 Å². The lowest BCUT2D eigenvalue weighted by Gasteiger charge is -2.48. The lowest BCUT2D eigenvalue weighted by molar-refractivity contribution is -1.15. The van der Waals surface area contributed by atoms with Gasteiger partial charge < -0.3 is 14.6 Å². The van der Waals surface area contributed by atoms with Crippen LogP contribution in [0.15, 0.2) is 30.3 Å². The van der Waals surface area contributed by atoms with Crippen molar-refractivity contribution >= 4 is 11.9 Å². The highest BCUT2D eigenvalue weighted by Crippen LogP contribution is 2.26. The van der Waals surface area contributed by atoms with Gasteiger partial charge in [0.05, 0.1) is 11.7 Å². The summed E-state index contributed by atoms with van der Waals surface area (Å²) in [4.78, 5) is 27.1. The van der Waals surface area contributed by atoms with Gasteiger partial charge in [-0.3, -0.25) is 4.84 Å². The molecule has 1 aromatic carbocycles. The lowest BCUT2D eigenvalue weighted by Crippen LogP contribution is -3.26. The number of aliphatic carboxylic acids is 1. The standard InChI is InChI=1S/C17H25NO3.C2H4O2/c1-16(2)11-14(20-5)12-17(3,4)18(16)21-15(19)13-9-7-6-8-10-13;1-2(3)4/h6-10,14H,11-12H2,1-5H3;1H3,(H,3,4). The number of hydrogen-bond donors (Lipinski definition) is 1. The zero-order chi connectivity index (χ0) is 19.3. The molecule has 0 aliphatic carbocycles. The van der Waals surface area contributed by atoms with Gasteiger partial charge in [0.1, 0.15) is 11.1 Å². The van der Waals surface area contributed by atoms with E-state index in [9.17, 15) is 4.79 Å². The second kappa shape index (κ2) is 8.45. The van der Waals surface area contributed by atoms with Crippen LogP contribution < -0.4 is 10.2 Å². The highest BCUT2D eigenvalue weighted by atomic mass is 16.7. The first-order valence-electron chi connectivity index (χ1n) is 8.35. The Labute approximate surface area is 149 Å². The molecule has 6 nitrogen and oxygen atoms in total. The van der Waals surface area contributed by atoms with E-state index in [1.165, 1.54) is 0 Å². The van der Waals surface area contributed by atoms with Gasteiger partial charge in [0.2, 0.25) is 0 Å². The van der Waals surface area contributed by atoms with Gasteiger partial charge in [-0.15, -0.1) is 5.06 Å². The Morgan fingerprint density at radius 2 is 1.52 bits per heavy atom. The molecule has 1 fully saturated rings. The second-order valence-corrected chi connectivity index (χ2v) is 7.61. The number of methoxy groups -OCH3 is 1. The van der Waals surface area contributed by atoms with Gasteiger partial charge in [-0.1, -0.05) is 18.2 Å². The Morgan fingerprint density at radius 3 is 1.92 bits per heavy atom. The van der Waals surface area contributed by atoms with Crippen molar-refractivity contribution in [1.29, 1.82) is 0 Å². The van der Waals surface area contributed by atoms with Crippen LogP contribution in [0.5, 0.6) is 0 Å². The van der Waals surface area contributed by atoms with Crippen molar-refractivity contribution < 1.29 is 29.3 Å². The van der Waals surface area contributed by atoms with Gasteiger partial charge in [0, 0.05) is 25.9 Å². The summed E-state index contributed by atoms with van der Waals surface area (Å²) < 4.78 is 5.55. The summed E-state index contributed by atoms with van der Waals surface area (Å²) in [6.45, 7) is 9.45. The summed E-state index contributed by atoms with van der Waals surface area (Å²) in [5.74, 6) is -1.36. The number of carbonyl (C=O) groups is 2. The summed E-state index contributed by atoms with van der Waals surface area (Å²) in [6, 6.07) is 9.15. The van der Waals surface area contributed by atoms with E-state index in [0.29, 0.717) is 5.56 Å². The Hall–Kier alpha value is -1.92. The van der Waals surface area contributed by atoms with E-state index in [2.05, 4.69) is 27.7 Å². The molecule has 1 aliphatic rings. The third-order valence-corrected chi connectivity index (χ3v) is 4.24. The number of quaternary nitrogens is 1. The molecular formula is C19H29NO5. The maximum Gasteiger partial charge on any atom is 0.397 e. The smallest absolute Gasteiger partial charge is 0.397 e. The average molecular weight is 351 g/mol. The number of carboxylic acid groups (broad SMARTS) is 1. The molecule has 1 aliphatic heterocycles. The van der Waals surface area contributed by atoms with Crippen molar-refractivity contribution in [3.8, 4) is 0 Å². The number of hydrogen-bond acceptors (Lipinski definition) is 5. The molecule has 0 aromatic heterocycles. The number of piperidine rings is 1. The monoisotopic (exact) mass is 351 g/mol. The SMILES string of the molecule is CC(=O)[O-].COC1CC(C)(C)[NH+](OC(=O)c2ccccc2)C(C)(C)C1. The van der Waals surface area contributed by atoms with Gasteiger partial charge in [-0.05, 0) is 46.8 Å². The number of ether oxygens (including phenoxy) is 1. The largest absolute Gasteiger partial charge is 0.550 e. The molecule has 1 aromatic rings. The molecule has 1 N–H and O–H groups in total. The first-order valence-corrected chi connectivity index (χ1v) is 8.35. The fourth-order valence-corrected chi connectivity index (χ4v) is 3.48. The van der Waals surface area contributed by atoms with Crippen LogP contribution in [-0.2, 0) is 14.4 Å². The molecule has 2 rings (SSSR count). The van der Waals surface area contributed by atoms with Crippen molar-refractivity contribution in [2.75, 3.05) is 7.11 Å². The van der Waals surface area contributed by atoms with Crippen LogP contribution in [0.2, 0.25) is 0 Å². The van der Waals surface area contributed by atoms with E-state index in [4.69, 9.17) is 19.5 Å². The molecule has 6 heteroatoms. The molecule has 140 valence electrons. The number of benzene rings is 1. The molecule has 0 unspecified atom stereocenters. The third kappa shape index (κ3) is 6.14. The van der Waals surface area contributed by atoms with Crippen LogP contribution in [0.4, 0.5) is 0 Å². The lowest BCUT2D eigenvalue weighted by atomic mass is 9.80. The fourth-order valence-electron chi connectivity index (χ4n) is 3.48. The number of rotatable bonds is 3. The first-order chi connectivity index (χ1) is 11.5. The molecule has 0 spiro atoms. The van der Waals surface area contributed by atoms with E-state index < -0.39 is 5.97 Å². The van der Waals surface area contributed by atoms with Crippen LogP contribution in [0.25, 0.3) is 0 Å². The van der Waals surface area contributed by atoms with E-state index in [1.807, 2.05) is 18.2 Å². The predicted octanol–water partition coefficient (Wildman–Crippen LogP) is 0.766. The van der Waals surface area contributed by atoms with Gasteiger partial charge in [-0.2, -0.15) is 0 Å². The minimum absolute atomic E-state index is 0.188. The second-order valence-electron chi connectivity index (χ2n) is 7.61. The highest BCUT2D eigenvalue weighted by molar-refractivity contribution is 5.88. The quantitative estimate of drug-likeness (QED) is 0.870. The van der Waals surface area contributed by atoms with Crippen LogP contribution in [0, 0.1) is 0 Å². The predicted molar refractivity (Wildman–Crippen MR) is 91.7 cm³/mol. The molecule has 0 saturated carbocycles. The van der Waals surface area contributed by atoms with E-state index >= 15 is 0 Å². The third-order valence-electron chi connectivity index (χ3n) is 4.24. The van der Waals surface area contributed by atoms with Gasteiger partial charge in [-0.25, -0.2) is 4.79 Å². The molecule has 0 amide bonds. The summed E-state index contributed by atoms with van der Waals surface area (Å²) in [7, 11) is 1.75. The van der Waals surface area contributed by atoms with Crippen molar-refractivity contribution in [3.63, 3.8) is 0 Å². The fraction of sp³-hybridized carbons (Fsp3) is 0.579. The number of nitrogens with one attached hydrogen (secondary N) is 1. The Bertz CT molecular complexity index is 561. The normalized spacial score (nSPS) is 23.8. The average Bonchev–Trinajstić information content (AvgIpc) is 2.50. The molecular weight excluding hydrogens is 322 g/mol. The molecule has 1 heterocycles. The van der Waals surface area contributed by atoms with Crippen molar-refractivity contribution in [1.82, 2.24) is 0 Å². The summed E-state index contributed by atoms with van der Waals surface area (Å²) in [6.07, 6.45) is 1.93. The highest BCUT2D eigenvalue weighted by Gasteiger charge is 2.52. The van der Waals surface area contributed by atoms with E-state index in [-0.39, 0.29) is 23.2 Å². The van der Waals surface area contributed by atoms with E-state index in [0.717, 1.165) is 24.8 Å². The molecule has 25 heavy (non-hydrogen) atoms. The van der Waals surface area contributed by atoms with Crippen molar-refractivity contribution in [3.05, 3.63) is 35.9 Å². The molecule has 1 saturated heterocycles. The van der Waals surface area contributed by atoms with Crippen molar-refractivity contribution in [2.45, 2.75) is 64.6 Å². The molecule has 0 bridgehead atoms. The summed E-state index contributed by atoms with van der Waals surface area (Å²) in [5.41, 5.74) is 0.213. The van der Waals surface area contributed by atoms with Crippen LogP contribution in [0.1, 0.15) is 57.8 Å². The first kappa shape index (κ1) is 21.1. The number of carboxylic acids is 1. The van der Waals surface area contributed by atoms with Crippen LogP contribution >= 0.6 is 0 Å². The zero-order valence-corrected chi connectivity index (χ0v) is 15.9. The van der Waals surface area contributed by atoms with Crippen LogP contribution in [0.3, 0.4) is 0 Å². The number of hydroxylamine groups is 2.